The Morgan fingerprint density at radius 3 is 2.25 bits per heavy atom. The molecule has 24 heavy (non-hydrogen) atoms. The number of rotatable bonds is 11. The van der Waals surface area contributed by atoms with Crippen molar-refractivity contribution in [2.45, 2.75) is 26.9 Å². The molecule has 7 heteroatoms. The van der Waals surface area contributed by atoms with E-state index in [9.17, 15) is 9.59 Å². The van der Waals surface area contributed by atoms with Crippen molar-refractivity contribution >= 4 is 11.9 Å². The summed E-state index contributed by atoms with van der Waals surface area (Å²) in [6.45, 7) is 12.8. The van der Waals surface area contributed by atoms with Crippen LogP contribution >= 0.6 is 0 Å². The SMILES string of the molecule is C=C(C)C(=O)OCCOCC[n+]1ccn(CCOC(=O)C(=C)C)c1. The highest BCUT2D eigenvalue weighted by molar-refractivity contribution is 5.87. The van der Waals surface area contributed by atoms with E-state index < -0.39 is 5.97 Å². The molecule has 0 bridgehead atoms. The van der Waals surface area contributed by atoms with Crippen molar-refractivity contribution in [2.24, 2.45) is 0 Å². The third kappa shape index (κ3) is 7.73. The summed E-state index contributed by atoms with van der Waals surface area (Å²) in [6.07, 6.45) is 5.70. The van der Waals surface area contributed by atoms with Gasteiger partial charge in [0.25, 0.3) is 0 Å². The molecule has 0 spiro atoms. The van der Waals surface area contributed by atoms with Crippen LogP contribution in [0.15, 0.2) is 43.0 Å². The summed E-state index contributed by atoms with van der Waals surface area (Å²) in [7, 11) is 0. The second kappa shape index (κ2) is 10.4. The van der Waals surface area contributed by atoms with Crippen LogP contribution in [0.3, 0.4) is 0 Å². The first-order valence-corrected chi connectivity index (χ1v) is 7.68. The van der Waals surface area contributed by atoms with Gasteiger partial charge in [0.1, 0.15) is 38.7 Å². The minimum atomic E-state index is -0.405. The van der Waals surface area contributed by atoms with E-state index >= 15 is 0 Å². The molecule has 0 atom stereocenters. The van der Waals surface area contributed by atoms with Crippen LogP contribution in [0.1, 0.15) is 13.8 Å². The molecule has 0 radical (unpaired) electrons. The molecule has 0 aromatic carbocycles. The summed E-state index contributed by atoms with van der Waals surface area (Å²) in [5.74, 6) is -0.784. The van der Waals surface area contributed by atoms with Gasteiger partial charge in [-0.1, -0.05) is 13.2 Å². The summed E-state index contributed by atoms with van der Waals surface area (Å²) in [6, 6.07) is 0. The molecule has 0 aliphatic carbocycles. The molecule has 0 amide bonds. The summed E-state index contributed by atoms with van der Waals surface area (Å²) >= 11 is 0. The maximum Gasteiger partial charge on any atom is 0.333 e. The maximum absolute atomic E-state index is 11.3. The fraction of sp³-hybridized carbons (Fsp3) is 0.471. The minimum Gasteiger partial charge on any atom is -0.460 e. The Morgan fingerprint density at radius 2 is 1.62 bits per heavy atom. The van der Waals surface area contributed by atoms with Gasteiger partial charge < -0.3 is 14.2 Å². The molecule has 0 fully saturated rings. The number of aromatic nitrogens is 2. The highest BCUT2D eigenvalue weighted by Crippen LogP contribution is 1.94. The Morgan fingerprint density at radius 1 is 1.00 bits per heavy atom. The molecule has 0 saturated carbocycles. The van der Waals surface area contributed by atoms with Crippen molar-refractivity contribution in [3.63, 3.8) is 0 Å². The number of ether oxygens (including phenoxy) is 3. The normalized spacial score (nSPS) is 10.2. The first kappa shape index (κ1) is 19.6. The lowest BCUT2D eigenvalue weighted by Crippen LogP contribution is -2.34. The van der Waals surface area contributed by atoms with E-state index in [1.54, 1.807) is 13.8 Å². The molecule has 0 saturated heterocycles. The van der Waals surface area contributed by atoms with Gasteiger partial charge in [0.15, 0.2) is 0 Å². The zero-order valence-electron chi connectivity index (χ0n) is 14.3. The molecular formula is C17H25N2O5+. The van der Waals surface area contributed by atoms with Crippen LogP contribution in [0.2, 0.25) is 0 Å². The Hall–Kier alpha value is -2.41. The second-order valence-corrected chi connectivity index (χ2v) is 5.33. The lowest BCUT2D eigenvalue weighted by molar-refractivity contribution is -0.698. The van der Waals surface area contributed by atoms with Crippen LogP contribution in [-0.4, -0.2) is 42.9 Å². The number of nitrogens with zero attached hydrogens (tertiary/aromatic N) is 2. The highest BCUT2D eigenvalue weighted by Gasteiger charge is 2.07. The van der Waals surface area contributed by atoms with Crippen LogP contribution in [-0.2, 0) is 36.9 Å². The van der Waals surface area contributed by atoms with Crippen LogP contribution in [0.5, 0.6) is 0 Å². The van der Waals surface area contributed by atoms with Crippen molar-refractivity contribution in [2.75, 3.05) is 26.4 Å². The zero-order chi connectivity index (χ0) is 17.9. The standard InChI is InChI=1S/C17H25N2O5/c1-14(2)16(20)23-10-8-19-6-5-18(13-19)7-9-22-11-12-24-17(21)15(3)4/h5-6,13H,1,3,7-12H2,2,4H3/q+1. The van der Waals surface area contributed by atoms with E-state index in [1.165, 1.54) is 0 Å². The molecule has 0 aliphatic rings. The van der Waals surface area contributed by atoms with Crippen LogP contribution in [0.4, 0.5) is 0 Å². The third-order valence-electron chi connectivity index (χ3n) is 2.98. The summed E-state index contributed by atoms with van der Waals surface area (Å²) in [5, 5.41) is 0. The fourth-order valence-electron chi connectivity index (χ4n) is 1.66. The summed E-state index contributed by atoms with van der Waals surface area (Å²) < 4.78 is 19.2. The Balaban J connectivity index is 2.14. The molecule has 1 rings (SSSR count). The highest BCUT2D eigenvalue weighted by atomic mass is 16.6. The molecular weight excluding hydrogens is 312 g/mol. The summed E-state index contributed by atoms with van der Waals surface area (Å²) in [5.41, 5.74) is 0.768. The van der Waals surface area contributed by atoms with Crippen molar-refractivity contribution in [1.82, 2.24) is 4.57 Å². The number of carbonyl (C=O) groups is 2. The molecule has 0 unspecified atom stereocenters. The predicted molar refractivity (Wildman–Crippen MR) is 87.0 cm³/mol. The molecule has 0 N–H and O–H groups in total. The van der Waals surface area contributed by atoms with Gasteiger partial charge in [-0.15, -0.1) is 0 Å². The molecule has 1 aromatic heterocycles. The number of hydrogen-bond donors (Lipinski definition) is 0. The van der Waals surface area contributed by atoms with Gasteiger partial charge in [0.05, 0.1) is 13.2 Å². The molecule has 1 aromatic rings. The van der Waals surface area contributed by atoms with Gasteiger partial charge in [0, 0.05) is 11.1 Å². The van der Waals surface area contributed by atoms with Gasteiger partial charge in [0.2, 0.25) is 6.33 Å². The number of carbonyl (C=O) groups excluding carboxylic acids is 2. The smallest absolute Gasteiger partial charge is 0.333 e. The molecule has 132 valence electrons. The van der Waals surface area contributed by atoms with Crippen LogP contribution < -0.4 is 4.57 Å². The fourth-order valence-corrected chi connectivity index (χ4v) is 1.66. The van der Waals surface area contributed by atoms with Gasteiger partial charge in [-0.3, -0.25) is 0 Å². The van der Waals surface area contributed by atoms with Crippen molar-refractivity contribution in [3.8, 4) is 0 Å². The number of esters is 2. The first-order chi connectivity index (χ1) is 11.4. The van der Waals surface area contributed by atoms with E-state index in [4.69, 9.17) is 14.2 Å². The Kier molecular flexibility index (Phi) is 8.49. The monoisotopic (exact) mass is 337 g/mol. The van der Waals surface area contributed by atoms with E-state index in [1.807, 2.05) is 27.9 Å². The van der Waals surface area contributed by atoms with Gasteiger partial charge >= 0.3 is 11.9 Å². The zero-order valence-corrected chi connectivity index (χ0v) is 14.3. The molecule has 0 aliphatic heterocycles. The number of hydrogen-bond acceptors (Lipinski definition) is 5. The van der Waals surface area contributed by atoms with E-state index in [2.05, 4.69) is 13.2 Å². The predicted octanol–water partition coefficient (Wildman–Crippen LogP) is 1.03. The summed E-state index contributed by atoms with van der Waals surface area (Å²) in [4.78, 5) is 22.4. The lowest BCUT2D eigenvalue weighted by Gasteiger charge is -2.04. The van der Waals surface area contributed by atoms with Gasteiger partial charge in [-0.05, 0) is 13.8 Å². The Bertz CT molecular complexity index is 592. The second-order valence-electron chi connectivity index (χ2n) is 5.33. The van der Waals surface area contributed by atoms with Crippen molar-refractivity contribution in [1.29, 1.82) is 0 Å². The van der Waals surface area contributed by atoms with Crippen LogP contribution in [0, 0.1) is 0 Å². The average Bonchev–Trinajstić information content (AvgIpc) is 2.97. The van der Waals surface area contributed by atoms with Crippen LogP contribution in [0.25, 0.3) is 0 Å². The van der Waals surface area contributed by atoms with Gasteiger partial charge in [-0.2, -0.15) is 0 Å². The molecule has 1 heterocycles. The maximum atomic E-state index is 11.3. The molecule has 7 nitrogen and oxygen atoms in total. The van der Waals surface area contributed by atoms with E-state index in [0.29, 0.717) is 44.1 Å². The largest absolute Gasteiger partial charge is 0.460 e. The van der Waals surface area contributed by atoms with Crippen molar-refractivity contribution < 1.29 is 28.4 Å². The Labute approximate surface area is 142 Å². The first-order valence-electron chi connectivity index (χ1n) is 7.68. The topological polar surface area (TPSA) is 70.6 Å². The van der Waals surface area contributed by atoms with E-state index in [-0.39, 0.29) is 12.6 Å². The quantitative estimate of drug-likeness (QED) is 0.261. The van der Waals surface area contributed by atoms with E-state index in [0.717, 1.165) is 0 Å². The van der Waals surface area contributed by atoms with Gasteiger partial charge in [-0.25, -0.2) is 18.7 Å². The number of imidazole rings is 1. The lowest BCUT2D eigenvalue weighted by atomic mass is 10.4. The minimum absolute atomic E-state index is 0.214. The average molecular weight is 337 g/mol. The van der Waals surface area contributed by atoms with Crippen molar-refractivity contribution in [3.05, 3.63) is 43.0 Å². The third-order valence-corrected chi connectivity index (χ3v) is 2.98.